The molecule has 0 bridgehead atoms. The molecule has 0 amide bonds. The van der Waals surface area contributed by atoms with Crippen LogP contribution < -0.4 is 14.5 Å². The van der Waals surface area contributed by atoms with Crippen molar-refractivity contribution in [1.29, 1.82) is 0 Å². The molecule has 1 aliphatic heterocycles. The number of Topliss-reactive ketones (excluding diaryl/α,β-unsaturated/α-hetero) is 1. The van der Waals surface area contributed by atoms with Gasteiger partial charge in [0.05, 0.1) is 18.7 Å². The highest BCUT2D eigenvalue weighted by atomic mass is 16.5. The summed E-state index contributed by atoms with van der Waals surface area (Å²) in [6.45, 7) is 9.99. The van der Waals surface area contributed by atoms with Crippen LogP contribution >= 0.6 is 0 Å². The van der Waals surface area contributed by atoms with Gasteiger partial charge < -0.3 is 14.5 Å². The Morgan fingerprint density at radius 2 is 1.57 bits per heavy atom. The predicted molar refractivity (Wildman–Crippen MR) is 112 cm³/mol. The number of rotatable bonds is 10. The first-order chi connectivity index (χ1) is 13.8. The zero-order valence-electron chi connectivity index (χ0n) is 17.1. The summed E-state index contributed by atoms with van der Waals surface area (Å²) in [4.78, 5) is 15.4. The van der Waals surface area contributed by atoms with Gasteiger partial charge in [0.1, 0.15) is 38.5 Å². The van der Waals surface area contributed by atoms with E-state index in [4.69, 9.17) is 4.74 Å². The number of unbranched alkanes of at least 4 members (excludes halogenated alkanes) is 1. The fourth-order valence-electron chi connectivity index (χ4n) is 3.94. The smallest absolute Gasteiger partial charge is 0.166 e. The quantitative estimate of drug-likeness (QED) is 0.482. The Labute approximate surface area is 169 Å². The molecule has 0 radical (unpaired) electrons. The average molecular weight is 383 g/mol. The number of hydrogen-bond acceptors (Lipinski definition) is 2. The van der Waals surface area contributed by atoms with Crippen molar-refractivity contribution >= 4 is 5.78 Å². The SMILES string of the molecule is CCC(=O)c1ccccc1OCCCC[NH+]1CC[NH+](Cc2ccccc2)CC1. The van der Waals surface area contributed by atoms with Crippen LogP contribution in [0.15, 0.2) is 54.6 Å². The molecule has 0 aliphatic carbocycles. The molecule has 2 aromatic carbocycles. The van der Waals surface area contributed by atoms with Crippen LogP contribution in [0.5, 0.6) is 5.75 Å². The molecule has 1 fully saturated rings. The molecule has 0 spiro atoms. The van der Waals surface area contributed by atoms with E-state index in [1.807, 2.05) is 31.2 Å². The molecule has 0 saturated carbocycles. The Balaban J connectivity index is 1.31. The highest BCUT2D eigenvalue weighted by Gasteiger charge is 2.22. The summed E-state index contributed by atoms with van der Waals surface area (Å²) in [7, 11) is 0. The second-order valence-corrected chi connectivity index (χ2v) is 7.74. The normalized spacial score (nSPS) is 19.3. The molecular weight excluding hydrogens is 348 g/mol. The summed E-state index contributed by atoms with van der Waals surface area (Å²) in [6.07, 6.45) is 2.73. The van der Waals surface area contributed by atoms with Gasteiger partial charge in [-0.3, -0.25) is 4.79 Å². The number of quaternary nitrogens is 2. The Morgan fingerprint density at radius 3 is 2.32 bits per heavy atom. The van der Waals surface area contributed by atoms with E-state index in [0.29, 0.717) is 18.6 Å². The highest BCUT2D eigenvalue weighted by molar-refractivity contribution is 5.98. The van der Waals surface area contributed by atoms with Crippen molar-refractivity contribution in [3.63, 3.8) is 0 Å². The Kier molecular flexibility index (Phi) is 8.07. The molecule has 1 aliphatic rings. The van der Waals surface area contributed by atoms with Crippen LogP contribution in [0.25, 0.3) is 0 Å². The molecule has 150 valence electrons. The minimum atomic E-state index is 0.149. The Hall–Kier alpha value is -2.17. The minimum Gasteiger partial charge on any atom is -0.493 e. The van der Waals surface area contributed by atoms with Gasteiger partial charge in [-0.1, -0.05) is 49.4 Å². The maximum atomic E-state index is 12.0. The molecule has 2 N–H and O–H groups in total. The number of nitrogens with one attached hydrogen (secondary N) is 2. The lowest BCUT2D eigenvalue weighted by Crippen LogP contribution is -3.27. The lowest BCUT2D eigenvalue weighted by Gasteiger charge is -2.29. The lowest BCUT2D eigenvalue weighted by molar-refractivity contribution is -1.02. The van der Waals surface area contributed by atoms with Crippen LogP contribution in [-0.4, -0.2) is 45.1 Å². The molecule has 0 atom stereocenters. The summed E-state index contributed by atoms with van der Waals surface area (Å²) in [5, 5.41) is 0. The first-order valence-electron chi connectivity index (χ1n) is 10.7. The van der Waals surface area contributed by atoms with Crippen molar-refractivity contribution in [2.75, 3.05) is 39.3 Å². The van der Waals surface area contributed by atoms with Crippen LogP contribution in [0.3, 0.4) is 0 Å². The van der Waals surface area contributed by atoms with Gasteiger partial charge >= 0.3 is 0 Å². The number of carbonyl (C=O) groups is 1. The molecule has 3 rings (SSSR count). The van der Waals surface area contributed by atoms with E-state index in [2.05, 4.69) is 30.3 Å². The predicted octanol–water partition coefficient (Wildman–Crippen LogP) is 1.42. The van der Waals surface area contributed by atoms with Crippen molar-refractivity contribution in [2.24, 2.45) is 0 Å². The summed E-state index contributed by atoms with van der Waals surface area (Å²) in [5.41, 5.74) is 2.16. The Morgan fingerprint density at radius 1 is 0.893 bits per heavy atom. The average Bonchev–Trinajstić information content (AvgIpc) is 2.75. The fourth-order valence-corrected chi connectivity index (χ4v) is 3.94. The van der Waals surface area contributed by atoms with Crippen LogP contribution in [0.1, 0.15) is 42.1 Å². The fraction of sp³-hybridized carbons (Fsp3) is 0.458. The van der Waals surface area contributed by atoms with E-state index in [1.165, 1.54) is 44.7 Å². The van der Waals surface area contributed by atoms with Gasteiger partial charge in [-0.2, -0.15) is 0 Å². The van der Waals surface area contributed by atoms with E-state index in [1.54, 1.807) is 9.80 Å². The minimum absolute atomic E-state index is 0.149. The van der Waals surface area contributed by atoms with Crippen LogP contribution in [0.2, 0.25) is 0 Å². The van der Waals surface area contributed by atoms with Gasteiger partial charge in [0, 0.05) is 12.0 Å². The van der Waals surface area contributed by atoms with E-state index in [9.17, 15) is 4.79 Å². The van der Waals surface area contributed by atoms with Gasteiger partial charge in [0.2, 0.25) is 0 Å². The van der Waals surface area contributed by atoms with Crippen LogP contribution in [-0.2, 0) is 6.54 Å². The van der Waals surface area contributed by atoms with Crippen LogP contribution in [0.4, 0.5) is 0 Å². The second kappa shape index (κ2) is 11.0. The van der Waals surface area contributed by atoms with Gasteiger partial charge in [-0.25, -0.2) is 0 Å². The topological polar surface area (TPSA) is 35.2 Å². The molecular formula is C24H34N2O2+2. The number of hydrogen-bond donors (Lipinski definition) is 2. The number of ether oxygens (including phenoxy) is 1. The monoisotopic (exact) mass is 382 g/mol. The van der Waals surface area contributed by atoms with E-state index < -0.39 is 0 Å². The lowest BCUT2D eigenvalue weighted by atomic mass is 10.1. The summed E-state index contributed by atoms with van der Waals surface area (Å²) in [5.74, 6) is 0.885. The van der Waals surface area contributed by atoms with E-state index >= 15 is 0 Å². The molecule has 4 nitrogen and oxygen atoms in total. The second-order valence-electron chi connectivity index (χ2n) is 7.74. The molecule has 4 heteroatoms. The number of carbonyl (C=O) groups excluding carboxylic acids is 1. The number of piperazine rings is 1. The molecule has 0 aromatic heterocycles. The van der Waals surface area contributed by atoms with E-state index in [-0.39, 0.29) is 5.78 Å². The maximum Gasteiger partial charge on any atom is 0.166 e. The highest BCUT2D eigenvalue weighted by Crippen LogP contribution is 2.19. The first kappa shape index (κ1) is 20.6. The molecule has 2 aromatic rings. The number of ketones is 1. The molecule has 28 heavy (non-hydrogen) atoms. The maximum absolute atomic E-state index is 12.0. The summed E-state index contributed by atoms with van der Waals surface area (Å²) in [6, 6.07) is 18.4. The molecule has 1 saturated heterocycles. The Bertz CT molecular complexity index is 724. The standard InChI is InChI=1S/C24H32N2O2/c1-2-23(27)22-12-6-7-13-24(22)28-19-9-8-14-25-15-17-26(18-16-25)20-21-10-4-3-5-11-21/h3-7,10-13H,2,8-9,14-20H2,1H3/p+2. The van der Waals surface area contributed by atoms with Crippen molar-refractivity contribution in [1.82, 2.24) is 0 Å². The number of benzene rings is 2. The van der Waals surface area contributed by atoms with Gasteiger partial charge in [-0.05, 0) is 25.0 Å². The zero-order chi connectivity index (χ0) is 19.6. The van der Waals surface area contributed by atoms with Gasteiger partial charge in [0.15, 0.2) is 5.78 Å². The summed E-state index contributed by atoms with van der Waals surface area (Å²) >= 11 is 0. The number of para-hydroxylation sites is 1. The first-order valence-corrected chi connectivity index (χ1v) is 10.7. The molecule has 1 heterocycles. The zero-order valence-corrected chi connectivity index (χ0v) is 17.1. The van der Waals surface area contributed by atoms with Crippen molar-refractivity contribution in [2.45, 2.75) is 32.7 Å². The van der Waals surface area contributed by atoms with Gasteiger partial charge in [0.25, 0.3) is 0 Å². The largest absolute Gasteiger partial charge is 0.493 e. The van der Waals surface area contributed by atoms with Crippen LogP contribution in [0, 0.1) is 0 Å². The third kappa shape index (κ3) is 6.18. The third-order valence-corrected chi connectivity index (χ3v) is 5.65. The summed E-state index contributed by atoms with van der Waals surface area (Å²) < 4.78 is 5.90. The van der Waals surface area contributed by atoms with Crippen molar-refractivity contribution < 1.29 is 19.3 Å². The third-order valence-electron chi connectivity index (χ3n) is 5.65. The van der Waals surface area contributed by atoms with Crippen molar-refractivity contribution in [3.05, 3.63) is 65.7 Å². The van der Waals surface area contributed by atoms with Gasteiger partial charge in [-0.15, -0.1) is 0 Å². The molecule has 0 unspecified atom stereocenters. The van der Waals surface area contributed by atoms with E-state index in [0.717, 1.165) is 18.7 Å². The van der Waals surface area contributed by atoms with Crippen molar-refractivity contribution in [3.8, 4) is 5.75 Å².